The van der Waals surface area contributed by atoms with Gasteiger partial charge in [-0.05, 0) is 38.8 Å². The maximum Gasteiger partial charge on any atom is 0.251 e. The lowest BCUT2D eigenvalue weighted by molar-refractivity contribution is -0.143. The molecule has 1 fully saturated rings. The van der Waals surface area contributed by atoms with E-state index in [1.165, 1.54) is 0 Å². The molecule has 0 spiro atoms. The number of hydrogen-bond donors (Lipinski definition) is 1. The molecule has 6 nitrogen and oxygen atoms in total. The van der Waals surface area contributed by atoms with Crippen molar-refractivity contribution in [3.63, 3.8) is 0 Å². The van der Waals surface area contributed by atoms with Crippen molar-refractivity contribution in [2.75, 3.05) is 19.7 Å². The summed E-state index contributed by atoms with van der Waals surface area (Å²) in [4.78, 5) is 29.9. The Labute approximate surface area is 130 Å². The molecular weight excluding hydrogens is 282 g/mol. The van der Waals surface area contributed by atoms with Crippen LogP contribution in [0.1, 0.15) is 37.0 Å². The summed E-state index contributed by atoms with van der Waals surface area (Å²) >= 11 is 0. The van der Waals surface area contributed by atoms with Crippen LogP contribution in [-0.4, -0.2) is 53.5 Å². The molecule has 22 heavy (non-hydrogen) atoms. The molecule has 1 aliphatic rings. The molecule has 0 unspecified atom stereocenters. The number of carbonyl (C=O) groups excluding carboxylic acids is 2. The predicted molar refractivity (Wildman–Crippen MR) is 82.4 cm³/mol. The summed E-state index contributed by atoms with van der Waals surface area (Å²) < 4.78 is 5.34. The van der Waals surface area contributed by atoms with E-state index in [9.17, 15) is 9.59 Å². The Morgan fingerprint density at radius 1 is 1.36 bits per heavy atom. The quantitative estimate of drug-likeness (QED) is 0.888. The molecule has 2 rings (SSSR count). The summed E-state index contributed by atoms with van der Waals surface area (Å²) in [6, 6.07) is 3.49. The minimum Gasteiger partial charge on any atom is -0.369 e. The molecule has 2 amide bonds. The molecule has 0 aliphatic carbocycles. The normalized spacial score (nSPS) is 17.1. The van der Waals surface area contributed by atoms with E-state index >= 15 is 0 Å². The Balaban J connectivity index is 1.80. The number of piperidine rings is 1. The first-order valence-electron chi connectivity index (χ1n) is 7.73. The monoisotopic (exact) mass is 305 g/mol. The van der Waals surface area contributed by atoms with Gasteiger partial charge in [0.2, 0.25) is 0 Å². The third kappa shape index (κ3) is 4.27. The van der Waals surface area contributed by atoms with Crippen LogP contribution >= 0.6 is 0 Å². The topological polar surface area (TPSA) is 71.5 Å². The highest BCUT2D eigenvalue weighted by Gasteiger charge is 2.27. The van der Waals surface area contributed by atoms with Gasteiger partial charge in [0.15, 0.2) is 0 Å². The van der Waals surface area contributed by atoms with Gasteiger partial charge in [0.25, 0.3) is 11.8 Å². The average Bonchev–Trinajstić information content (AvgIpc) is 2.56. The predicted octanol–water partition coefficient (Wildman–Crippen LogP) is 1.23. The van der Waals surface area contributed by atoms with Gasteiger partial charge in [-0.3, -0.25) is 14.6 Å². The molecule has 1 aromatic heterocycles. The van der Waals surface area contributed by atoms with Crippen molar-refractivity contribution in [1.82, 2.24) is 15.2 Å². The van der Waals surface area contributed by atoms with Gasteiger partial charge < -0.3 is 15.0 Å². The number of hydrogen-bond acceptors (Lipinski definition) is 4. The highest BCUT2D eigenvalue weighted by atomic mass is 16.5. The lowest BCUT2D eigenvalue weighted by Gasteiger charge is -2.33. The Morgan fingerprint density at radius 2 is 2.00 bits per heavy atom. The summed E-state index contributed by atoms with van der Waals surface area (Å²) in [6.45, 7) is 5.49. The molecule has 1 saturated heterocycles. The number of rotatable bonds is 5. The van der Waals surface area contributed by atoms with Crippen molar-refractivity contribution in [1.29, 1.82) is 0 Å². The molecule has 6 heteroatoms. The Kier molecular flexibility index (Phi) is 5.89. The van der Waals surface area contributed by atoms with E-state index in [0.29, 0.717) is 25.3 Å². The molecule has 0 saturated carbocycles. The van der Waals surface area contributed by atoms with Crippen LogP contribution in [0.25, 0.3) is 0 Å². The van der Waals surface area contributed by atoms with Crippen molar-refractivity contribution < 1.29 is 14.3 Å². The number of aromatic nitrogens is 1. The molecule has 2 heterocycles. The Hall–Kier alpha value is -1.95. The SMILES string of the molecule is CCO[C@H](C)C(=O)N1CCC(NC(=O)c2ccncc2)CC1. The maximum atomic E-state index is 12.1. The van der Waals surface area contributed by atoms with Crippen LogP contribution < -0.4 is 5.32 Å². The first kappa shape index (κ1) is 16.4. The first-order valence-corrected chi connectivity index (χ1v) is 7.73. The maximum absolute atomic E-state index is 12.1. The molecule has 0 aromatic carbocycles. The van der Waals surface area contributed by atoms with E-state index in [1.54, 1.807) is 31.5 Å². The minimum absolute atomic E-state index is 0.0285. The van der Waals surface area contributed by atoms with E-state index in [4.69, 9.17) is 4.74 Å². The number of ether oxygens (including phenoxy) is 1. The largest absolute Gasteiger partial charge is 0.369 e. The second kappa shape index (κ2) is 7.89. The van der Waals surface area contributed by atoms with Gasteiger partial charge in [-0.1, -0.05) is 0 Å². The fourth-order valence-corrected chi connectivity index (χ4v) is 2.59. The fourth-order valence-electron chi connectivity index (χ4n) is 2.59. The number of carbonyl (C=O) groups is 2. The van der Waals surface area contributed by atoms with E-state index in [1.807, 2.05) is 11.8 Å². The Morgan fingerprint density at radius 3 is 2.59 bits per heavy atom. The van der Waals surface area contributed by atoms with Crippen LogP contribution in [-0.2, 0) is 9.53 Å². The van der Waals surface area contributed by atoms with Crippen molar-refractivity contribution in [2.24, 2.45) is 0 Å². The van der Waals surface area contributed by atoms with Crippen LogP contribution in [0, 0.1) is 0 Å². The first-order chi connectivity index (χ1) is 10.6. The van der Waals surface area contributed by atoms with Crippen LogP contribution in [0.2, 0.25) is 0 Å². The van der Waals surface area contributed by atoms with Crippen LogP contribution in [0.5, 0.6) is 0 Å². The number of amides is 2. The zero-order valence-corrected chi connectivity index (χ0v) is 13.1. The van der Waals surface area contributed by atoms with E-state index in [-0.39, 0.29) is 17.9 Å². The molecule has 120 valence electrons. The third-order valence-electron chi connectivity index (χ3n) is 3.85. The standard InChI is InChI=1S/C16H23N3O3/c1-3-22-12(2)16(21)19-10-6-14(7-11-19)18-15(20)13-4-8-17-9-5-13/h4-5,8-9,12,14H,3,6-7,10-11H2,1-2H3,(H,18,20)/t12-/m1/s1. The minimum atomic E-state index is -0.395. The van der Waals surface area contributed by atoms with Crippen molar-refractivity contribution in [3.8, 4) is 0 Å². The van der Waals surface area contributed by atoms with Gasteiger partial charge in [-0.25, -0.2) is 0 Å². The second-order valence-electron chi connectivity index (χ2n) is 5.41. The highest BCUT2D eigenvalue weighted by molar-refractivity contribution is 5.94. The summed E-state index contributed by atoms with van der Waals surface area (Å²) in [5, 5.41) is 3.01. The van der Waals surface area contributed by atoms with Crippen LogP contribution in [0.15, 0.2) is 24.5 Å². The molecule has 1 aromatic rings. The van der Waals surface area contributed by atoms with Crippen molar-refractivity contribution in [3.05, 3.63) is 30.1 Å². The summed E-state index contributed by atoms with van der Waals surface area (Å²) in [7, 11) is 0. The van der Waals surface area contributed by atoms with Crippen molar-refractivity contribution >= 4 is 11.8 Å². The van der Waals surface area contributed by atoms with Gasteiger partial charge >= 0.3 is 0 Å². The Bertz CT molecular complexity index is 499. The van der Waals surface area contributed by atoms with E-state index in [0.717, 1.165) is 12.8 Å². The summed E-state index contributed by atoms with van der Waals surface area (Å²) in [5.74, 6) is -0.0596. The van der Waals surface area contributed by atoms with Gasteiger partial charge in [-0.15, -0.1) is 0 Å². The lowest BCUT2D eigenvalue weighted by atomic mass is 10.0. The molecule has 0 radical (unpaired) electrons. The zero-order valence-electron chi connectivity index (χ0n) is 13.1. The van der Waals surface area contributed by atoms with E-state index in [2.05, 4.69) is 10.3 Å². The molecule has 1 aliphatic heterocycles. The number of likely N-dealkylation sites (tertiary alicyclic amines) is 1. The van der Waals surface area contributed by atoms with Crippen LogP contribution in [0.4, 0.5) is 0 Å². The average molecular weight is 305 g/mol. The van der Waals surface area contributed by atoms with Gasteiger partial charge in [0, 0.05) is 43.7 Å². The van der Waals surface area contributed by atoms with Gasteiger partial charge in [-0.2, -0.15) is 0 Å². The number of pyridine rings is 1. The van der Waals surface area contributed by atoms with Gasteiger partial charge in [0.05, 0.1) is 0 Å². The lowest BCUT2D eigenvalue weighted by Crippen LogP contribution is -2.49. The second-order valence-corrected chi connectivity index (χ2v) is 5.41. The van der Waals surface area contributed by atoms with Gasteiger partial charge in [0.1, 0.15) is 6.10 Å². The number of nitrogens with zero attached hydrogens (tertiary/aromatic N) is 2. The summed E-state index contributed by atoms with van der Waals surface area (Å²) in [5.41, 5.74) is 0.610. The smallest absolute Gasteiger partial charge is 0.251 e. The van der Waals surface area contributed by atoms with Crippen LogP contribution in [0.3, 0.4) is 0 Å². The molecular formula is C16H23N3O3. The molecule has 0 bridgehead atoms. The van der Waals surface area contributed by atoms with Crippen molar-refractivity contribution in [2.45, 2.75) is 38.8 Å². The van der Waals surface area contributed by atoms with E-state index < -0.39 is 6.10 Å². The zero-order chi connectivity index (χ0) is 15.9. The molecule has 1 atom stereocenters. The summed E-state index contributed by atoms with van der Waals surface area (Å²) in [6.07, 6.45) is 4.34. The highest BCUT2D eigenvalue weighted by Crippen LogP contribution is 2.13. The fraction of sp³-hybridized carbons (Fsp3) is 0.562. The third-order valence-corrected chi connectivity index (χ3v) is 3.85. The number of nitrogens with one attached hydrogen (secondary N) is 1. The molecule has 1 N–H and O–H groups in total.